The summed E-state index contributed by atoms with van der Waals surface area (Å²) in [6.07, 6.45) is 0.451. The van der Waals surface area contributed by atoms with Gasteiger partial charge in [-0.1, -0.05) is 6.92 Å². The molecule has 0 saturated heterocycles. The first-order chi connectivity index (χ1) is 9.45. The van der Waals surface area contributed by atoms with Crippen LogP contribution in [-0.4, -0.2) is 21.3 Å². The first kappa shape index (κ1) is 14.2. The van der Waals surface area contributed by atoms with Gasteiger partial charge in [-0.05, 0) is 36.6 Å². The Morgan fingerprint density at radius 2 is 2.20 bits per heavy atom. The third kappa shape index (κ3) is 3.40. The number of rotatable bonds is 5. The number of halogens is 1. The van der Waals surface area contributed by atoms with E-state index in [1.807, 2.05) is 0 Å². The first-order valence-electron chi connectivity index (χ1n) is 6.26. The van der Waals surface area contributed by atoms with E-state index in [0.717, 1.165) is 0 Å². The second-order valence-corrected chi connectivity index (χ2v) is 4.87. The zero-order valence-electron chi connectivity index (χ0n) is 11.3. The van der Waals surface area contributed by atoms with Crippen LogP contribution in [-0.2, 0) is 11.2 Å². The Balaban J connectivity index is 2.12. The second-order valence-electron chi connectivity index (χ2n) is 4.87. The van der Waals surface area contributed by atoms with Crippen molar-refractivity contribution in [1.82, 2.24) is 10.2 Å². The van der Waals surface area contributed by atoms with Crippen molar-refractivity contribution < 1.29 is 18.7 Å². The molecule has 106 valence electrons. The van der Waals surface area contributed by atoms with E-state index in [0.29, 0.717) is 29.3 Å². The quantitative estimate of drug-likeness (QED) is 0.910. The smallest absolute Gasteiger partial charge is 0.303 e. The number of aliphatic carboxylic acids is 1. The lowest BCUT2D eigenvalue weighted by molar-refractivity contribution is -0.137. The lowest BCUT2D eigenvalue weighted by atomic mass is 10.0. The lowest BCUT2D eigenvalue weighted by Gasteiger charge is -2.03. The monoisotopic (exact) mass is 278 g/mol. The molecule has 6 heteroatoms. The van der Waals surface area contributed by atoms with Crippen molar-refractivity contribution >= 4 is 5.97 Å². The normalized spacial score (nSPS) is 12.3. The molecule has 0 fully saturated rings. The Morgan fingerprint density at radius 3 is 2.85 bits per heavy atom. The maximum absolute atomic E-state index is 13.2. The summed E-state index contributed by atoms with van der Waals surface area (Å²) in [6.45, 7) is 3.46. The molecule has 1 atom stereocenters. The van der Waals surface area contributed by atoms with E-state index in [1.165, 1.54) is 6.07 Å². The van der Waals surface area contributed by atoms with Crippen LogP contribution in [0.4, 0.5) is 4.39 Å². The fourth-order valence-electron chi connectivity index (χ4n) is 1.90. The molecule has 1 aromatic heterocycles. The Morgan fingerprint density at radius 1 is 1.45 bits per heavy atom. The molecular weight excluding hydrogens is 263 g/mol. The molecule has 0 radical (unpaired) electrons. The number of carbonyl (C=O) groups is 1. The summed E-state index contributed by atoms with van der Waals surface area (Å²) in [5, 5.41) is 16.5. The Kier molecular flexibility index (Phi) is 4.12. The van der Waals surface area contributed by atoms with Crippen LogP contribution in [0.5, 0.6) is 0 Å². The van der Waals surface area contributed by atoms with E-state index in [-0.39, 0.29) is 18.2 Å². The number of aromatic nitrogens is 2. The molecule has 0 saturated carbocycles. The Bertz CT molecular complexity index is 625. The third-order valence-corrected chi connectivity index (χ3v) is 2.92. The maximum atomic E-state index is 13.2. The molecular formula is C14H15FN2O3. The highest BCUT2D eigenvalue weighted by atomic mass is 19.1. The minimum Gasteiger partial charge on any atom is -0.481 e. The Hall–Kier alpha value is -2.24. The van der Waals surface area contributed by atoms with E-state index in [4.69, 9.17) is 9.52 Å². The van der Waals surface area contributed by atoms with Gasteiger partial charge in [0.05, 0.1) is 0 Å². The molecule has 5 nitrogen and oxygen atoms in total. The predicted octanol–water partition coefficient (Wildman–Crippen LogP) is 2.84. The molecule has 2 rings (SSSR count). The zero-order chi connectivity index (χ0) is 14.7. The molecule has 0 spiro atoms. The summed E-state index contributed by atoms with van der Waals surface area (Å²) in [5.74, 6) is -0.535. The molecule has 2 aromatic rings. The predicted molar refractivity (Wildman–Crippen MR) is 69.5 cm³/mol. The molecule has 0 aliphatic carbocycles. The van der Waals surface area contributed by atoms with E-state index in [1.54, 1.807) is 26.0 Å². The van der Waals surface area contributed by atoms with Crippen LogP contribution in [0.25, 0.3) is 11.5 Å². The van der Waals surface area contributed by atoms with Crippen molar-refractivity contribution in [3.05, 3.63) is 35.5 Å². The molecule has 1 heterocycles. The van der Waals surface area contributed by atoms with Crippen LogP contribution in [0.2, 0.25) is 0 Å². The van der Waals surface area contributed by atoms with Gasteiger partial charge in [-0.25, -0.2) is 4.39 Å². The fraction of sp³-hybridized carbons (Fsp3) is 0.357. The molecule has 0 bridgehead atoms. The topological polar surface area (TPSA) is 76.2 Å². The minimum atomic E-state index is -0.855. The van der Waals surface area contributed by atoms with Crippen molar-refractivity contribution in [3.63, 3.8) is 0 Å². The average Bonchev–Trinajstić information content (AvgIpc) is 2.80. The van der Waals surface area contributed by atoms with Crippen LogP contribution >= 0.6 is 0 Å². The summed E-state index contributed by atoms with van der Waals surface area (Å²) >= 11 is 0. The molecule has 1 aromatic carbocycles. The number of nitrogens with zero attached hydrogens (tertiary/aromatic N) is 2. The van der Waals surface area contributed by atoms with E-state index in [9.17, 15) is 9.18 Å². The summed E-state index contributed by atoms with van der Waals surface area (Å²) < 4.78 is 18.7. The largest absolute Gasteiger partial charge is 0.481 e. The maximum Gasteiger partial charge on any atom is 0.303 e. The first-order valence-corrected chi connectivity index (χ1v) is 6.26. The van der Waals surface area contributed by atoms with Crippen LogP contribution < -0.4 is 0 Å². The van der Waals surface area contributed by atoms with Crippen molar-refractivity contribution in [2.45, 2.75) is 26.7 Å². The third-order valence-electron chi connectivity index (χ3n) is 2.92. The number of benzene rings is 1. The highest BCUT2D eigenvalue weighted by Gasteiger charge is 2.14. The van der Waals surface area contributed by atoms with Gasteiger partial charge in [-0.2, -0.15) is 0 Å². The van der Waals surface area contributed by atoms with Gasteiger partial charge in [-0.3, -0.25) is 4.79 Å². The summed E-state index contributed by atoms with van der Waals surface area (Å²) in [5.41, 5.74) is 1.15. The number of carboxylic acids is 1. The van der Waals surface area contributed by atoms with E-state index >= 15 is 0 Å². The van der Waals surface area contributed by atoms with Crippen molar-refractivity contribution in [3.8, 4) is 11.5 Å². The lowest BCUT2D eigenvalue weighted by Crippen LogP contribution is -2.07. The summed E-state index contributed by atoms with van der Waals surface area (Å²) in [4.78, 5) is 10.6. The van der Waals surface area contributed by atoms with Gasteiger partial charge in [0.15, 0.2) is 0 Å². The van der Waals surface area contributed by atoms with Gasteiger partial charge in [0, 0.05) is 18.4 Å². The van der Waals surface area contributed by atoms with E-state index < -0.39 is 5.97 Å². The van der Waals surface area contributed by atoms with Gasteiger partial charge < -0.3 is 9.52 Å². The number of hydrogen-bond acceptors (Lipinski definition) is 4. The van der Waals surface area contributed by atoms with Crippen molar-refractivity contribution in [1.29, 1.82) is 0 Å². The standard InChI is InChI=1S/C14H15FN2O3/c1-8(6-13(18)19)5-12-16-17-14(20-12)10-3-4-11(15)9(2)7-10/h3-4,7-8H,5-6H2,1-2H3,(H,18,19). The minimum absolute atomic E-state index is 0.0490. The number of carboxylic acid groups (broad SMARTS) is 1. The molecule has 0 amide bonds. The Labute approximate surface area is 115 Å². The second kappa shape index (κ2) is 5.81. The van der Waals surface area contributed by atoms with Crippen LogP contribution in [0, 0.1) is 18.7 Å². The molecule has 1 unspecified atom stereocenters. The van der Waals surface area contributed by atoms with Crippen LogP contribution in [0.3, 0.4) is 0 Å². The average molecular weight is 278 g/mol. The zero-order valence-corrected chi connectivity index (χ0v) is 11.3. The molecule has 0 aliphatic rings. The fourth-order valence-corrected chi connectivity index (χ4v) is 1.90. The van der Waals surface area contributed by atoms with Crippen LogP contribution in [0.1, 0.15) is 24.8 Å². The molecule has 20 heavy (non-hydrogen) atoms. The molecule has 1 N–H and O–H groups in total. The van der Waals surface area contributed by atoms with E-state index in [2.05, 4.69) is 10.2 Å². The number of hydrogen-bond donors (Lipinski definition) is 1. The van der Waals surface area contributed by atoms with Gasteiger partial charge in [0.25, 0.3) is 0 Å². The SMILES string of the molecule is Cc1cc(-c2nnc(CC(C)CC(=O)O)o2)ccc1F. The molecule has 0 aliphatic heterocycles. The highest BCUT2D eigenvalue weighted by Crippen LogP contribution is 2.21. The summed E-state index contributed by atoms with van der Waals surface area (Å²) in [7, 11) is 0. The van der Waals surface area contributed by atoms with Gasteiger partial charge in [-0.15, -0.1) is 10.2 Å². The summed E-state index contributed by atoms with van der Waals surface area (Å²) in [6, 6.07) is 4.55. The van der Waals surface area contributed by atoms with Gasteiger partial charge in [0.2, 0.25) is 11.8 Å². The number of aryl methyl sites for hydroxylation is 1. The highest BCUT2D eigenvalue weighted by molar-refractivity contribution is 5.66. The van der Waals surface area contributed by atoms with Crippen molar-refractivity contribution in [2.75, 3.05) is 0 Å². The van der Waals surface area contributed by atoms with Gasteiger partial charge in [0.1, 0.15) is 5.82 Å². The van der Waals surface area contributed by atoms with Crippen molar-refractivity contribution in [2.24, 2.45) is 5.92 Å². The van der Waals surface area contributed by atoms with Gasteiger partial charge >= 0.3 is 5.97 Å². The van der Waals surface area contributed by atoms with Crippen LogP contribution in [0.15, 0.2) is 22.6 Å².